The molecule has 0 aromatic heterocycles. The predicted molar refractivity (Wildman–Crippen MR) is 123 cm³/mol. The molecule has 1 aliphatic heterocycles. The van der Waals surface area contributed by atoms with Crippen molar-refractivity contribution in [3.63, 3.8) is 0 Å². The second-order valence-corrected chi connectivity index (χ2v) is 7.60. The Kier molecular flexibility index (Phi) is 12.7. The Balaban J connectivity index is 0.00000338. The Labute approximate surface area is 182 Å². The molecule has 1 heterocycles. The van der Waals surface area contributed by atoms with E-state index < -0.39 is 0 Å². The fourth-order valence-corrected chi connectivity index (χ4v) is 3.66. The molecule has 1 aromatic rings. The maximum absolute atomic E-state index is 13.0. The van der Waals surface area contributed by atoms with Gasteiger partial charge in [-0.05, 0) is 37.5 Å². The van der Waals surface area contributed by atoms with Gasteiger partial charge in [-0.2, -0.15) is 12.6 Å². The molecule has 1 amide bonds. The van der Waals surface area contributed by atoms with Crippen LogP contribution in [0, 0.1) is 13.8 Å². The molecule has 156 valence electrons. The molecule has 1 saturated heterocycles. The van der Waals surface area contributed by atoms with Crippen molar-refractivity contribution in [3.8, 4) is 0 Å². The van der Waals surface area contributed by atoms with Crippen LogP contribution in [0.3, 0.4) is 0 Å². The van der Waals surface area contributed by atoms with Gasteiger partial charge < -0.3 is 10.6 Å². The number of rotatable bonds is 7. The Morgan fingerprint density at radius 2 is 2.00 bits per heavy atom. The van der Waals surface area contributed by atoms with Crippen molar-refractivity contribution in [2.45, 2.75) is 52.1 Å². The van der Waals surface area contributed by atoms with Crippen molar-refractivity contribution in [1.82, 2.24) is 9.80 Å². The fourth-order valence-electron chi connectivity index (χ4n) is 3.54. The largest absolute Gasteiger partial charge is 0.336 e. The van der Waals surface area contributed by atoms with Gasteiger partial charge in [0, 0.05) is 49.6 Å². The van der Waals surface area contributed by atoms with Crippen molar-refractivity contribution in [3.05, 3.63) is 34.9 Å². The third-order valence-electron chi connectivity index (χ3n) is 5.32. The van der Waals surface area contributed by atoms with Gasteiger partial charge in [-0.3, -0.25) is 9.69 Å². The van der Waals surface area contributed by atoms with Gasteiger partial charge in [0.1, 0.15) is 0 Å². The zero-order chi connectivity index (χ0) is 18.4. The van der Waals surface area contributed by atoms with Crippen LogP contribution in [0.2, 0.25) is 0 Å². The molecule has 7 heteroatoms. The number of unbranched alkanes of at least 4 members (excludes halogenated alkanes) is 1. The second kappa shape index (κ2) is 12.9. The maximum atomic E-state index is 13.0. The highest BCUT2D eigenvalue weighted by atomic mass is 35.5. The molecule has 2 N–H and O–H groups in total. The van der Waals surface area contributed by atoms with Crippen LogP contribution in [0.1, 0.15) is 47.7 Å². The number of aryl methyl sites for hydroxylation is 1. The van der Waals surface area contributed by atoms with Gasteiger partial charge in [0.05, 0.1) is 0 Å². The van der Waals surface area contributed by atoms with E-state index in [2.05, 4.69) is 37.4 Å². The number of halogens is 2. The number of nitrogens with two attached hydrogens (primary N) is 1. The summed E-state index contributed by atoms with van der Waals surface area (Å²) in [4.78, 5) is 17.5. The average Bonchev–Trinajstić information content (AvgIpc) is 2.62. The van der Waals surface area contributed by atoms with Gasteiger partial charge in [0.2, 0.25) is 0 Å². The van der Waals surface area contributed by atoms with Crippen LogP contribution in [-0.2, 0) is 0 Å². The van der Waals surface area contributed by atoms with E-state index in [1.54, 1.807) is 0 Å². The lowest BCUT2D eigenvalue weighted by molar-refractivity contribution is 0.0447. The normalized spacial score (nSPS) is 18.4. The molecule has 2 atom stereocenters. The molecule has 1 fully saturated rings. The fraction of sp³-hybridized carbons (Fsp3) is 0.650. The Morgan fingerprint density at radius 1 is 1.30 bits per heavy atom. The standard InChI is InChI=1S/C20H33N3OS.2ClH/c1-4-5-8-18-13-23(11-10-22(18)12-17(21)14-25)20(24)19-9-6-7-15(2)16(19)3;;/h6-7,9,17-18,25H,4-5,8,10-14,21H2,1-3H3;2*1H/t17-,18-;;/m0../s1. The minimum Gasteiger partial charge on any atom is -0.336 e. The van der Waals surface area contributed by atoms with E-state index in [1.165, 1.54) is 18.4 Å². The molecule has 0 saturated carbocycles. The van der Waals surface area contributed by atoms with Crippen LogP contribution >= 0.6 is 37.4 Å². The monoisotopic (exact) mass is 435 g/mol. The molecule has 0 spiro atoms. The first-order chi connectivity index (χ1) is 12.0. The minimum absolute atomic E-state index is 0. The molecule has 1 aromatic carbocycles. The van der Waals surface area contributed by atoms with Crippen LogP contribution in [0.25, 0.3) is 0 Å². The number of nitrogens with zero attached hydrogens (tertiary/aromatic N) is 2. The van der Waals surface area contributed by atoms with Gasteiger partial charge >= 0.3 is 0 Å². The van der Waals surface area contributed by atoms with Crippen molar-refractivity contribution < 1.29 is 4.79 Å². The van der Waals surface area contributed by atoms with Crippen molar-refractivity contribution in [1.29, 1.82) is 0 Å². The van der Waals surface area contributed by atoms with E-state index in [1.807, 2.05) is 24.0 Å². The lowest BCUT2D eigenvalue weighted by Gasteiger charge is -2.42. The van der Waals surface area contributed by atoms with E-state index in [4.69, 9.17) is 5.73 Å². The van der Waals surface area contributed by atoms with Gasteiger partial charge in [0.15, 0.2) is 0 Å². The van der Waals surface area contributed by atoms with Gasteiger partial charge in [-0.25, -0.2) is 0 Å². The highest BCUT2D eigenvalue weighted by molar-refractivity contribution is 7.80. The summed E-state index contributed by atoms with van der Waals surface area (Å²) in [6.45, 7) is 9.65. The Bertz CT molecular complexity index is 588. The van der Waals surface area contributed by atoms with E-state index in [9.17, 15) is 4.79 Å². The third kappa shape index (κ3) is 7.13. The first-order valence-corrected chi connectivity index (χ1v) is 10.1. The summed E-state index contributed by atoms with van der Waals surface area (Å²) in [5.41, 5.74) is 9.23. The number of thiol groups is 1. The Hall–Kier alpha value is -0.460. The third-order valence-corrected chi connectivity index (χ3v) is 5.79. The van der Waals surface area contributed by atoms with Crippen LogP contribution < -0.4 is 5.73 Å². The van der Waals surface area contributed by atoms with E-state index in [-0.39, 0.29) is 36.8 Å². The van der Waals surface area contributed by atoms with Crippen LogP contribution in [0.4, 0.5) is 0 Å². The highest BCUT2D eigenvalue weighted by Gasteiger charge is 2.30. The van der Waals surface area contributed by atoms with Crippen molar-refractivity contribution in [2.24, 2.45) is 5.73 Å². The summed E-state index contributed by atoms with van der Waals surface area (Å²) < 4.78 is 0. The summed E-state index contributed by atoms with van der Waals surface area (Å²) in [6, 6.07) is 6.48. The van der Waals surface area contributed by atoms with Crippen LogP contribution in [0.5, 0.6) is 0 Å². The number of benzene rings is 1. The van der Waals surface area contributed by atoms with Crippen LogP contribution in [-0.4, -0.2) is 59.7 Å². The second-order valence-electron chi connectivity index (χ2n) is 7.23. The summed E-state index contributed by atoms with van der Waals surface area (Å²) in [5, 5.41) is 0. The van der Waals surface area contributed by atoms with E-state index in [0.29, 0.717) is 11.8 Å². The smallest absolute Gasteiger partial charge is 0.254 e. The number of hydrogen-bond donors (Lipinski definition) is 2. The SMILES string of the molecule is CCCC[C@H]1CN(C(=O)c2cccc(C)c2C)CCN1C[C@H](N)CS.Cl.Cl. The van der Waals surface area contributed by atoms with Crippen LogP contribution in [0.15, 0.2) is 18.2 Å². The number of piperazine rings is 1. The number of amides is 1. The minimum atomic E-state index is 0. The molecule has 27 heavy (non-hydrogen) atoms. The number of hydrogen-bond acceptors (Lipinski definition) is 4. The molecule has 0 radical (unpaired) electrons. The van der Waals surface area contributed by atoms with Crippen molar-refractivity contribution >= 4 is 43.4 Å². The highest BCUT2D eigenvalue weighted by Crippen LogP contribution is 2.20. The summed E-state index contributed by atoms with van der Waals surface area (Å²) >= 11 is 4.32. The Morgan fingerprint density at radius 3 is 2.63 bits per heavy atom. The zero-order valence-electron chi connectivity index (χ0n) is 16.7. The molecule has 0 unspecified atom stereocenters. The lowest BCUT2D eigenvalue weighted by atomic mass is 10.00. The zero-order valence-corrected chi connectivity index (χ0v) is 19.2. The summed E-state index contributed by atoms with van der Waals surface area (Å²) in [6.07, 6.45) is 3.48. The molecular formula is C20H35Cl2N3OS. The average molecular weight is 436 g/mol. The summed E-state index contributed by atoms with van der Waals surface area (Å²) in [5.74, 6) is 0.864. The first-order valence-electron chi connectivity index (χ1n) is 9.43. The van der Waals surface area contributed by atoms with E-state index >= 15 is 0 Å². The number of carbonyl (C=O) groups excluding carboxylic acids is 1. The lowest BCUT2D eigenvalue weighted by Crippen LogP contribution is -2.57. The molecule has 0 bridgehead atoms. The molecular weight excluding hydrogens is 401 g/mol. The van der Waals surface area contributed by atoms with Gasteiger partial charge in [0.25, 0.3) is 5.91 Å². The molecule has 4 nitrogen and oxygen atoms in total. The topological polar surface area (TPSA) is 49.6 Å². The number of carbonyl (C=O) groups is 1. The molecule has 2 rings (SSSR count). The molecule has 0 aliphatic carbocycles. The van der Waals surface area contributed by atoms with Crippen molar-refractivity contribution in [2.75, 3.05) is 31.9 Å². The van der Waals surface area contributed by atoms with Gasteiger partial charge in [-0.1, -0.05) is 31.9 Å². The maximum Gasteiger partial charge on any atom is 0.254 e. The quantitative estimate of drug-likeness (QED) is 0.641. The van der Waals surface area contributed by atoms with E-state index in [0.717, 1.165) is 43.7 Å². The predicted octanol–water partition coefficient (Wildman–Crippen LogP) is 3.72. The first kappa shape index (κ1) is 26.5. The molecule has 1 aliphatic rings. The van der Waals surface area contributed by atoms with Gasteiger partial charge in [-0.15, -0.1) is 24.8 Å². The summed E-state index contributed by atoms with van der Waals surface area (Å²) in [7, 11) is 0.